The summed E-state index contributed by atoms with van der Waals surface area (Å²) in [6, 6.07) is 0. The van der Waals surface area contributed by atoms with Crippen molar-refractivity contribution in [2.24, 2.45) is 28.6 Å². The van der Waals surface area contributed by atoms with E-state index in [0.29, 0.717) is 23.9 Å². The average molecular weight is 469 g/mol. The van der Waals surface area contributed by atoms with Gasteiger partial charge in [0, 0.05) is 6.08 Å². The number of rotatable bonds is 10. The molecule has 4 atom stereocenters. The third-order valence-corrected chi connectivity index (χ3v) is 8.90. The van der Waals surface area contributed by atoms with Gasteiger partial charge in [-0.1, -0.05) is 39.3 Å². The van der Waals surface area contributed by atoms with Crippen LogP contribution in [0.4, 0.5) is 0 Å². The maximum atomic E-state index is 11.2. The van der Waals surface area contributed by atoms with Crippen molar-refractivity contribution < 1.29 is 26.7 Å². The molecule has 0 spiro atoms. The van der Waals surface area contributed by atoms with Gasteiger partial charge >= 0.3 is 16.4 Å². The van der Waals surface area contributed by atoms with E-state index in [4.69, 9.17) is 13.5 Å². The Bertz CT molecular complexity index is 856. The lowest BCUT2D eigenvalue weighted by molar-refractivity contribution is -0.134. The summed E-state index contributed by atoms with van der Waals surface area (Å²) < 4.78 is 41.2. The molecule has 1 N–H and O–H groups in total. The molecular formula is C25H40O6S. The Hall–Kier alpha value is -1.18. The molecular weight excluding hydrogens is 428 g/mol. The summed E-state index contributed by atoms with van der Waals surface area (Å²) in [5.74, 6) is 0.937. The molecule has 0 aromatic heterocycles. The van der Waals surface area contributed by atoms with Crippen molar-refractivity contribution in [3.63, 3.8) is 0 Å². The van der Waals surface area contributed by atoms with Gasteiger partial charge in [0.25, 0.3) is 0 Å². The van der Waals surface area contributed by atoms with Crippen LogP contribution in [0.15, 0.2) is 23.3 Å². The standard InChI is InChI=1S/C25H40O6S/c1-18-10-11-21-22(9-6-13-24(21,2)3)25(18,4)14-12-19(17-31-32(27,28)29)7-5-8-20-15-23(26)30-16-20/h9,15,18-19,21H,5-8,10-14,16-17H2,1-4H3,(H,27,28,29). The SMILES string of the molecule is CC1CCC2C(=CCCC2(C)C)C1(C)CCC(CCCC1=CC(=O)OC1)COS(=O)(=O)O. The molecule has 0 radical (unpaired) electrons. The van der Waals surface area contributed by atoms with Crippen LogP contribution < -0.4 is 0 Å². The van der Waals surface area contributed by atoms with E-state index in [1.807, 2.05) is 0 Å². The maximum absolute atomic E-state index is 11.2. The van der Waals surface area contributed by atoms with Crippen LogP contribution in [0.5, 0.6) is 0 Å². The van der Waals surface area contributed by atoms with E-state index in [1.54, 1.807) is 11.6 Å². The van der Waals surface area contributed by atoms with Gasteiger partial charge in [0.05, 0.1) is 6.61 Å². The molecule has 3 rings (SSSR count). The number of carbonyl (C=O) groups is 1. The fourth-order valence-corrected chi connectivity index (χ4v) is 6.46. The summed E-state index contributed by atoms with van der Waals surface area (Å²) in [7, 11) is -4.46. The van der Waals surface area contributed by atoms with Gasteiger partial charge < -0.3 is 4.74 Å². The van der Waals surface area contributed by atoms with Crippen LogP contribution in [0.3, 0.4) is 0 Å². The minimum Gasteiger partial charge on any atom is -0.458 e. The zero-order valence-electron chi connectivity index (χ0n) is 20.1. The van der Waals surface area contributed by atoms with E-state index in [9.17, 15) is 13.2 Å². The molecule has 2 aliphatic carbocycles. The fraction of sp³-hybridized carbons (Fsp3) is 0.800. The molecule has 4 unspecified atom stereocenters. The molecule has 1 aliphatic heterocycles. The Kier molecular flexibility index (Phi) is 7.93. The summed E-state index contributed by atoms with van der Waals surface area (Å²) >= 11 is 0. The third-order valence-electron chi connectivity index (χ3n) is 8.46. The Labute approximate surface area is 193 Å². The topological polar surface area (TPSA) is 89.9 Å². The smallest absolute Gasteiger partial charge is 0.397 e. The normalized spacial score (nSPS) is 30.8. The fourth-order valence-electron chi connectivity index (χ4n) is 6.10. The number of esters is 1. The highest BCUT2D eigenvalue weighted by Crippen LogP contribution is 2.58. The summed E-state index contributed by atoms with van der Waals surface area (Å²) in [5.41, 5.74) is 3.02. The predicted octanol–water partition coefficient (Wildman–Crippen LogP) is 5.65. The van der Waals surface area contributed by atoms with Crippen LogP contribution in [0.2, 0.25) is 0 Å². The highest BCUT2D eigenvalue weighted by atomic mass is 32.3. The van der Waals surface area contributed by atoms with Gasteiger partial charge in [-0.25, -0.2) is 8.98 Å². The van der Waals surface area contributed by atoms with Crippen molar-refractivity contribution in [2.75, 3.05) is 13.2 Å². The molecule has 0 aromatic rings. The van der Waals surface area contributed by atoms with Crippen molar-refractivity contribution in [1.29, 1.82) is 0 Å². The van der Waals surface area contributed by atoms with Gasteiger partial charge in [-0.05, 0) is 91.9 Å². The zero-order chi connectivity index (χ0) is 23.6. The van der Waals surface area contributed by atoms with Crippen molar-refractivity contribution in [3.05, 3.63) is 23.3 Å². The number of fused-ring (bicyclic) bond motifs is 1. The number of ether oxygens (including phenoxy) is 1. The van der Waals surface area contributed by atoms with Crippen LogP contribution in [-0.4, -0.2) is 32.2 Å². The Morgan fingerprint density at radius 2 is 2.00 bits per heavy atom. The lowest BCUT2D eigenvalue weighted by atomic mass is 9.52. The highest BCUT2D eigenvalue weighted by molar-refractivity contribution is 7.80. The maximum Gasteiger partial charge on any atom is 0.397 e. The summed E-state index contributed by atoms with van der Waals surface area (Å²) in [6.45, 7) is 9.89. The van der Waals surface area contributed by atoms with E-state index >= 15 is 0 Å². The summed E-state index contributed by atoms with van der Waals surface area (Å²) in [4.78, 5) is 11.2. The van der Waals surface area contributed by atoms with Gasteiger partial charge in [-0.3, -0.25) is 4.55 Å². The Morgan fingerprint density at radius 1 is 1.25 bits per heavy atom. The van der Waals surface area contributed by atoms with Crippen LogP contribution in [0, 0.1) is 28.6 Å². The number of carbonyl (C=O) groups excluding carboxylic acids is 1. The van der Waals surface area contributed by atoms with Gasteiger partial charge in [0.2, 0.25) is 0 Å². The number of hydrogen-bond donors (Lipinski definition) is 1. The van der Waals surface area contributed by atoms with E-state index in [-0.39, 0.29) is 23.9 Å². The second-order valence-electron chi connectivity index (χ2n) is 11.1. The predicted molar refractivity (Wildman–Crippen MR) is 124 cm³/mol. The monoisotopic (exact) mass is 468 g/mol. The zero-order valence-corrected chi connectivity index (χ0v) is 20.9. The molecule has 0 bridgehead atoms. The van der Waals surface area contributed by atoms with Gasteiger partial charge in [-0.2, -0.15) is 8.42 Å². The molecule has 0 aromatic carbocycles. The molecule has 6 nitrogen and oxygen atoms in total. The van der Waals surface area contributed by atoms with Gasteiger partial charge in [-0.15, -0.1) is 0 Å². The largest absolute Gasteiger partial charge is 0.458 e. The Balaban J connectivity index is 1.66. The van der Waals surface area contributed by atoms with E-state index in [2.05, 4.69) is 33.8 Å². The first-order valence-electron chi connectivity index (χ1n) is 12.1. The van der Waals surface area contributed by atoms with Gasteiger partial charge in [0.1, 0.15) is 6.61 Å². The minimum atomic E-state index is -4.46. The quantitative estimate of drug-likeness (QED) is 0.253. The third kappa shape index (κ3) is 6.23. The minimum absolute atomic E-state index is 0.00819. The van der Waals surface area contributed by atoms with E-state index in [1.165, 1.54) is 19.3 Å². The number of hydrogen-bond acceptors (Lipinski definition) is 5. The molecule has 1 fully saturated rings. The molecule has 182 valence electrons. The molecule has 1 saturated carbocycles. The first-order valence-corrected chi connectivity index (χ1v) is 13.5. The molecule has 1 heterocycles. The van der Waals surface area contributed by atoms with Crippen LogP contribution in [0.1, 0.15) is 85.5 Å². The first kappa shape index (κ1) is 25.4. The number of cyclic esters (lactones) is 1. The molecule has 3 aliphatic rings. The van der Waals surface area contributed by atoms with E-state index in [0.717, 1.165) is 44.1 Å². The molecule has 32 heavy (non-hydrogen) atoms. The van der Waals surface area contributed by atoms with Crippen LogP contribution in [-0.2, 0) is 24.1 Å². The summed E-state index contributed by atoms with van der Waals surface area (Å²) in [6.07, 6.45) is 13.0. The lowest BCUT2D eigenvalue weighted by Gasteiger charge is -2.53. The van der Waals surface area contributed by atoms with Crippen molar-refractivity contribution in [1.82, 2.24) is 0 Å². The molecule has 7 heteroatoms. The Morgan fingerprint density at radius 3 is 2.66 bits per heavy atom. The average Bonchev–Trinajstić information content (AvgIpc) is 3.11. The van der Waals surface area contributed by atoms with Crippen LogP contribution >= 0.6 is 0 Å². The van der Waals surface area contributed by atoms with E-state index < -0.39 is 10.4 Å². The highest BCUT2D eigenvalue weighted by Gasteiger charge is 2.47. The van der Waals surface area contributed by atoms with Gasteiger partial charge in [0.15, 0.2) is 0 Å². The second kappa shape index (κ2) is 9.98. The molecule has 0 amide bonds. The molecule has 0 saturated heterocycles. The second-order valence-corrected chi connectivity index (χ2v) is 12.1. The lowest BCUT2D eigenvalue weighted by Crippen LogP contribution is -2.43. The first-order chi connectivity index (χ1) is 14.9. The van der Waals surface area contributed by atoms with Crippen molar-refractivity contribution >= 4 is 16.4 Å². The van der Waals surface area contributed by atoms with Crippen LogP contribution in [0.25, 0.3) is 0 Å². The number of allylic oxidation sites excluding steroid dienone is 2. The van der Waals surface area contributed by atoms with Crippen molar-refractivity contribution in [2.45, 2.75) is 85.5 Å². The summed E-state index contributed by atoms with van der Waals surface area (Å²) in [5, 5.41) is 0. The van der Waals surface area contributed by atoms with Crippen molar-refractivity contribution in [3.8, 4) is 0 Å².